The second kappa shape index (κ2) is 12.1. The molecule has 0 atom stereocenters. The molecule has 0 saturated carbocycles. The van der Waals surface area contributed by atoms with Gasteiger partial charge >= 0.3 is 10.4 Å². The lowest BCUT2D eigenvalue weighted by Crippen LogP contribution is -2.34. The highest BCUT2D eigenvalue weighted by molar-refractivity contribution is 14.1. The maximum atomic E-state index is 10.8. The van der Waals surface area contributed by atoms with Gasteiger partial charge in [-0.1, -0.05) is 35.8 Å². The Morgan fingerprint density at radius 2 is 1.35 bits per heavy atom. The van der Waals surface area contributed by atoms with Crippen molar-refractivity contribution in [3.05, 3.63) is 95.4 Å². The summed E-state index contributed by atoms with van der Waals surface area (Å²) < 4.78 is 38.8. The van der Waals surface area contributed by atoms with Crippen molar-refractivity contribution in [1.82, 2.24) is 0 Å². The molecule has 1 aromatic heterocycles. The van der Waals surface area contributed by atoms with Crippen LogP contribution in [0.2, 0.25) is 0 Å². The number of nitrogens with zero attached hydrogens (tertiary/aromatic N) is 1. The first-order chi connectivity index (χ1) is 16.1. The number of aryl methyl sites for hydroxylation is 3. The van der Waals surface area contributed by atoms with Crippen LogP contribution < -0.4 is 4.57 Å². The number of benzene rings is 2. The first-order valence-electron chi connectivity index (χ1n) is 10.3. The van der Waals surface area contributed by atoms with Crippen molar-refractivity contribution in [2.75, 3.05) is 6.61 Å². The number of hydrogen-bond acceptors (Lipinski definition) is 3. The van der Waals surface area contributed by atoms with E-state index in [0.29, 0.717) is 13.0 Å². The average molecular weight is 698 g/mol. The summed E-state index contributed by atoms with van der Waals surface area (Å²) in [6.07, 6.45) is 4.18. The fourth-order valence-corrected chi connectivity index (χ4v) is 4.33. The second-order valence-electron chi connectivity index (χ2n) is 7.62. The smallest absolute Gasteiger partial charge is 0.264 e. The van der Waals surface area contributed by atoms with Gasteiger partial charge in [0.25, 0.3) is 0 Å². The third-order valence-corrected chi connectivity index (χ3v) is 6.99. The molecule has 0 spiro atoms. The predicted octanol–water partition coefficient (Wildman–Crippen LogP) is 4.81. The fraction of sp³-hybridized carbons (Fsp3) is 0.192. The molecule has 5 nitrogen and oxygen atoms in total. The quantitative estimate of drug-likeness (QED) is 0.137. The standard InChI is InChI=1S/C26H21I2NO4S/c1-19-4-10-25(27)23(14-19)8-6-21-16-22(7-9-24-15-20(2)5-11-26(24)28)18-29(17-21)12-3-13-33-34(30,31)32/h4-5,10-11,14-18H,3,12-13H2,1-2H3/p+1. The molecule has 0 bridgehead atoms. The van der Waals surface area contributed by atoms with E-state index in [1.165, 1.54) is 0 Å². The molecule has 0 fully saturated rings. The third kappa shape index (κ3) is 8.67. The van der Waals surface area contributed by atoms with Crippen molar-refractivity contribution in [3.63, 3.8) is 0 Å². The van der Waals surface area contributed by atoms with Crippen molar-refractivity contribution < 1.29 is 21.7 Å². The zero-order valence-corrected chi connectivity index (χ0v) is 23.7. The monoisotopic (exact) mass is 698 g/mol. The summed E-state index contributed by atoms with van der Waals surface area (Å²) in [5, 5.41) is 0. The van der Waals surface area contributed by atoms with E-state index in [1.54, 1.807) is 0 Å². The molecule has 0 aliphatic heterocycles. The van der Waals surface area contributed by atoms with E-state index < -0.39 is 10.4 Å². The Morgan fingerprint density at radius 1 is 0.853 bits per heavy atom. The first-order valence-corrected chi connectivity index (χ1v) is 13.8. The Labute approximate surface area is 228 Å². The summed E-state index contributed by atoms with van der Waals surface area (Å²) in [7, 11) is -4.44. The highest BCUT2D eigenvalue weighted by Crippen LogP contribution is 2.14. The molecule has 2 aromatic carbocycles. The molecule has 1 N–H and O–H groups in total. The zero-order valence-electron chi connectivity index (χ0n) is 18.6. The highest BCUT2D eigenvalue weighted by Gasteiger charge is 2.09. The molecule has 34 heavy (non-hydrogen) atoms. The molecule has 0 radical (unpaired) electrons. The molecule has 0 aliphatic carbocycles. The molecule has 8 heteroatoms. The van der Waals surface area contributed by atoms with E-state index >= 15 is 0 Å². The minimum Gasteiger partial charge on any atom is -0.264 e. The molecular weight excluding hydrogens is 676 g/mol. The summed E-state index contributed by atoms with van der Waals surface area (Å²) in [6.45, 7) is 4.43. The molecule has 3 rings (SSSR count). The minimum atomic E-state index is -4.44. The van der Waals surface area contributed by atoms with E-state index in [0.717, 1.165) is 40.5 Å². The Hall–Kier alpha value is -1.96. The summed E-state index contributed by atoms with van der Waals surface area (Å²) in [6, 6.07) is 14.2. The number of pyridine rings is 1. The Balaban J connectivity index is 1.94. The number of rotatable bonds is 5. The lowest BCUT2D eigenvalue weighted by Gasteiger charge is -2.01. The van der Waals surface area contributed by atoms with Crippen molar-refractivity contribution in [2.45, 2.75) is 26.8 Å². The van der Waals surface area contributed by atoms with Crippen LogP contribution in [-0.2, 0) is 21.1 Å². The molecule has 0 unspecified atom stereocenters. The number of aromatic nitrogens is 1. The van der Waals surface area contributed by atoms with Gasteiger partial charge in [0.2, 0.25) is 0 Å². The van der Waals surface area contributed by atoms with Gasteiger partial charge in [-0.2, -0.15) is 8.42 Å². The minimum absolute atomic E-state index is 0.119. The predicted molar refractivity (Wildman–Crippen MR) is 149 cm³/mol. The second-order valence-corrected chi connectivity index (χ2v) is 11.0. The molecular formula is C26H22I2NO4S+. The molecule has 1 heterocycles. The Kier molecular flexibility index (Phi) is 9.51. The third-order valence-electron chi connectivity index (χ3n) is 4.64. The van der Waals surface area contributed by atoms with E-state index in [-0.39, 0.29) is 6.61 Å². The lowest BCUT2D eigenvalue weighted by atomic mass is 10.1. The summed E-state index contributed by atoms with van der Waals surface area (Å²) in [5.41, 5.74) is 5.79. The maximum Gasteiger partial charge on any atom is 0.397 e. The zero-order chi connectivity index (χ0) is 24.7. The SMILES string of the molecule is Cc1ccc(I)c(C#Cc2cc(C#Cc3cc(C)ccc3I)c[n+](CCCOS(=O)(=O)O)c2)c1. The fourth-order valence-electron chi connectivity index (χ4n) is 3.06. The van der Waals surface area contributed by atoms with Crippen molar-refractivity contribution in [2.24, 2.45) is 0 Å². The molecule has 3 aromatic rings. The van der Waals surface area contributed by atoms with Crippen LogP contribution in [0.4, 0.5) is 0 Å². The highest BCUT2D eigenvalue weighted by atomic mass is 127. The summed E-state index contributed by atoms with van der Waals surface area (Å²) in [5.74, 6) is 13.0. The maximum absolute atomic E-state index is 10.8. The van der Waals surface area contributed by atoms with Gasteiger partial charge in [0.05, 0.1) is 17.7 Å². The van der Waals surface area contributed by atoms with Crippen LogP contribution in [0.1, 0.15) is 39.8 Å². The van der Waals surface area contributed by atoms with Gasteiger partial charge < -0.3 is 0 Å². The van der Waals surface area contributed by atoms with Crippen LogP contribution in [0.15, 0.2) is 54.9 Å². The lowest BCUT2D eigenvalue weighted by molar-refractivity contribution is -0.697. The van der Waals surface area contributed by atoms with Crippen molar-refractivity contribution in [1.29, 1.82) is 0 Å². The molecule has 0 saturated heterocycles. The van der Waals surface area contributed by atoms with Gasteiger partial charge in [-0.25, -0.2) is 8.75 Å². The van der Waals surface area contributed by atoms with E-state index in [4.69, 9.17) is 4.55 Å². The molecule has 174 valence electrons. The summed E-state index contributed by atoms with van der Waals surface area (Å²) >= 11 is 4.55. The van der Waals surface area contributed by atoms with Gasteiger partial charge in [-0.05, 0) is 100 Å². The largest absolute Gasteiger partial charge is 0.397 e. The first kappa shape index (κ1) is 26.6. The van der Waals surface area contributed by atoms with E-state index in [1.807, 2.05) is 49.0 Å². The van der Waals surface area contributed by atoms with Crippen molar-refractivity contribution >= 4 is 55.6 Å². The average Bonchev–Trinajstić information content (AvgIpc) is 2.77. The van der Waals surface area contributed by atoms with E-state index in [9.17, 15) is 8.42 Å². The van der Waals surface area contributed by atoms with Crippen LogP contribution in [0, 0.1) is 44.7 Å². The van der Waals surface area contributed by atoms with Crippen molar-refractivity contribution in [3.8, 4) is 23.7 Å². The van der Waals surface area contributed by atoms with E-state index in [2.05, 4.69) is 97.3 Å². The normalized spacial score (nSPS) is 10.7. The van der Waals surface area contributed by atoms with Gasteiger partial charge in [0.1, 0.15) is 0 Å². The number of halogens is 2. The Morgan fingerprint density at radius 3 is 1.82 bits per heavy atom. The number of hydrogen-bond donors (Lipinski definition) is 1. The Bertz CT molecular complexity index is 1360. The topological polar surface area (TPSA) is 67.5 Å². The van der Waals surface area contributed by atoms with Gasteiger partial charge in [-0.15, -0.1) is 0 Å². The van der Waals surface area contributed by atoms with Crippen LogP contribution in [0.3, 0.4) is 0 Å². The van der Waals surface area contributed by atoms with Crippen LogP contribution in [0.25, 0.3) is 0 Å². The molecule has 0 amide bonds. The van der Waals surface area contributed by atoms with Gasteiger partial charge in [0.15, 0.2) is 18.9 Å². The van der Waals surface area contributed by atoms with Gasteiger partial charge in [0, 0.05) is 24.7 Å². The summed E-state index contributed by atoms with van der Waals surface area (Å²) in [4.78, 5) is 0. The molecule has 0 aliphatic rings. The van der Waals surface area contributed by atoms with Gasteiger partial charge in [-0.3, -0.25) is 4.55 Å². The van der Waals surface area contributed by atoms with Crippen LogP contribution in [-0.4, -0.2) is 19.6 Å². The van der Waals surface area contributed by atoms with Crippen LogP contribution in [0.5, 0.6) is 0 Å². The van der Waals surface area contributed by atoms with Crippen LogP contribution >= 0.6 is 45.2 Å².